The molecule has 0 amide bonds. The number of aliphatic hydroxyl groups is 2. The first kappa shape index (κ1) is 28.1. The SMILES string of the molecule is C[C@H](Nc1cc(Cl)nc2c1cnn2[C@@H]1O[C@H](CCP(=O)(O)CP(=O)(O)O)[C@@H](O)[C@H]1O)c1ccccc1F. The minimum Gasteiger partial charge on any atom is -0.388 e. The molecule has 0 aliphatic carbocycles. The van der Waals surface area contributed by atoms with Crippen LogP contribution in [-0.4, -0.2) is 70.0 Å². The zero-order valence-corrected chi connectivity index (χ0v) is 22.0. The highest BCUT2D eigenvalue weighted by Gasteiger charge is 2.45. The fourth-order valence-electron chi connectivity index (χ4n) is 4.29. The number of rotatable bonds is 9. The molecule has 0 saturated carbocycles. The quantitative estimate of drug-likeness (QED) is 0.162. The molecule has 1 aliphatic heterocycles. The van der Waals surface area contributed by atoms with Gasteiger partial charge < -0.3 is 34.9 Å². The van der Waals surface area contributed by atoms with Gasteiger partial charge in [0, 0.05) is 11.7 Å². The second kappa shape index (κ2) is 10.7. The fraction of sp³-hybridized carbons (Fsp3) is 0.429. The molecule has 2 aromatic heterocycles. The van der Waals surface area contributed by atoms with Gasteiger partial charge in [-0.15, -0.1) is 0 Å². The highest BCUT2D eigenvalue weighted by Crippen LogP contribution is 2.55. The summed E-state index contributed by atoms with van der Waals surface area (Å²) in [5.74, 6) is -1.58. The van der Waals surface area contributed by atoms with Crippen molar-refractivity contribution >= 4 is 43.3 Å². The van der Waals surface area contributed by atoms with Gasteiger partial charge in [0.15, 0.2) is 11.9 Å². The van der Waals surface area contributed by atoms with Gasteiger partial charge in [0.1, 0.15) is 29.1 Å². The number of fused-ring (bicyclic) bond motifs is 1. The second-order valence-corrected chi connectivity index (χ2v) is 13.9. The number of aliphatic hydroxyl groups excluding tert-OH is 2. The number of halogens is 2. The van der Waals surface area contributed by atoms with Crippen LogP contribution in [0.4, 0.5) is 10.1 Å². The minimum atomic E-state index is -4.72. The maximum absolute atomic E-state index is 14.2. The molecule has 12 nitrogen and oxygen atoms in total. The van der Waals surface area contributed by atoms with Gasteiger partial charge in [0.25, 0.3) is 0 Å². The maximum Gasteiger partial charge on any atom is 0.335 e. The molecular weight excluding hydrogens is 553 g/mol. The molecule has 0 spiro atoms. The van der Waals surface area contributed by atoms with E-state index in [0.717, 1.165) is 0 Å². The van der Waals surface area contributed by atoms with E-state index in [0.29, 0.717) is 16.6 Å². The third kappa shape index (κ3) is 6.39. The molecule has 16 heteroatoms. The lowest BCUT2D eigenvalue weighted by atomic mass is 10.1. The van der Waals surface area contributed by atoms with Gasteiger partial charge >= 0.3 is 7.60 Å². The Labute approximate surface area is 215 Å². The van der Waals surface area contributed by atoms with E-state index in [-0.39, 0.29) is 23.0 Å². The molecule has 6 N–H and O–H groups in total. The van der Waals surface area contributed by atoms with Crippen molar-refractivity contribution in [2.75, 3.05) is 17.4 Å². The molecule has 0 radical (unpaired) electrons. The maximum atomic E-state index is 14.2. The van der Waals surface area contributed by atoms with Crippen LogP contribution in [0.25, 0.3) is 11.0 Å². The van der Waals surface area contributed by atoms with Gasteiger partial charge in [-0.05, 0) is 25.5 Å². The summed E-state index contributed by atoms with van der Waals surface area (Å²) in [6, 6.07) is 7.38. The van der Waals surface area contributed by atoms with Crippen LogP contribution in [0.3, 0.4) is 0 Å². The van der Waals surface area contributed by atoms with Crippen molar-refractivity contribution in [2.45, 2.75) is 43.9 Å². The van der Waals surface area contributed by atoms with Crippen LogP contribution in [0, 0.1) is 5.82 Å². The molecule has 0 bridgehead atoms. The van der Waals surface area contributed by atoms with Crippen LogP contribution in [0.2, 0.25) is 5.15 Å². The van der Waals surface area contributed by atoms with Gasteiger partial charge in [-0.2, -0.15) is 5.10 Å². The van der Waals surface area contributed by atoms with Crippen molar-refractivity contribution in [3.8, 4) is 0 Å². The van der Waals surface area contributed by atoms with E-state index in [1.54, 1.807) is 25.1 Å². The molecule has 202 valence electrons. The first-order chi connectivity index (χ1) is 17.3. The van der Waals surface area contributed by atoms with Crippen molar-refractivity contribution < 1.29 is 43.2 Å². The van der Waals surface area contributed by atoms with Crippen LogP contribution in [0.1, 0.15) is 31.2 Å². The summed E-state index contributed by atoms with van der Waals surface area (Å²) < 4.78 is 44.4. The summed E-state index contributed by atoms with van der Waals surface area (Å²) in [5, 5.41) is 29.1. The lowest BCUT2D eigenvalue weighted by molar-refractivity contribution is -0.0424. The summed E-state index contributed by atoms with van der Waals surface area (Å²) in [6.07, 6.45) is -4.67. The molecule has 1 fully saturated rings. The van der Waals surface area contributed by atoms with Gasteiger partial charge in [-0.1, -0.05) is 29.8 Å². The highest BCUT2D eigenvalue weighted by molar-refractivity contribution is 7.72. The van der Waals surface area contributed by atoms with Crippen molar-refractivity contribution in [2.24, 2.45) is 0 Å². The Morgan fingerprint density at radius 3 is 2.59 bits per heavy atom. The van der Waals surface area contributed by atoms with Crippen LogP contribution in [0.5, 0.6) is 0 Å². The zero-order chi connectivity index (χ0) is 27.1. The summed E-state index contributed by atoms with van der Waals surface area (Å²) in [4.78, 5) is 32.1. The predicted octanol–water partition coefficient (Wildman–Crippen LogP) is 2.81. The number of benzene rings is 1. The van der Waals surface area contributed by atoms with E-state index >= 15 is 0 Å². The summed E-state index contributed by atoms with van der Waals surface area (Å²) >= 11 is 6.22. The van der Waals surface area contributed by atoms with Gasteiger partial charge in [0.2, 0.25) is 7.37 Å². The smallest absolute Gasteiger partial charge is 0.335 e. The minimum absolute atomic E-state index is 0.0701. The Morgan fingerprint density at radius 1 is 1.22 bits per heavy atom. The summed E-state index contributed by atoms with van der Waals surface area (Å²) in [7, 11) is -8.94. The zero-order valence-electron chi connectivity index (χ0n) is 19.4. The predicted molar refractivity (Wildman–Crippen MR) is 133 cm³/mol. The van der Waals surface area contributed by atoms with Gasteiger partial charge in [-0.3, -0.25) is 9.13 Å². The third-order valence-corrected chi connectivity index (χ3v) is 10.4. The Bertz CT molecular complexity index is 1390. The van der Waals surface area contributed by atoms with E-state index in [1.807, 2.05) is 0 Å². The molecule has 3 aromatic rings. The first-order valence-corrected chi connectivity index (χ1v) is 15.4. The van der Waals surface area contributed by atoms with Crippen LogP contribution < -0.4 is 5.32 Å². The lowest BCUT2D eigenvalue weighted by Crippen LogP contribution is -2.32. The summed E-state index contributed by atoms with van der Waals surface area (Å²) in [5.41, 5.74) is 1.11. The average molecular weight is 579 g/mol. The van der Waals surface area contributed by atoms with E-state index in [2.05, 4.69) is 15.4 Å². The van der Waals surface area contributed by atoms with E-state index in [4.69, 9.17) is 26.1 Å². The Hall–Kier alpha value is -1.92. The van der Waals surface area contributed by atoms with E-state index in [9.17, 15) is 28.6 Å². The van der Waals surface area contributed by atoms with Crippen molar-refractivity contribution in [1.82, 2.24) is 14.8 Å². The molecule has 6 atom stereocenters. The topological polar surface area (TPSA) is 187 Å². The molecular formula is C21H26ClFN4O8P2. The fourth-order valence-corrected chi connectivity index (χ4v) is 8.00. The average Bonchev–Trinajstić information content (AvgIpc) is 3.32. The second-order valence-electron chi connectivity index (χ2n) is 8.92. The number of hydrogen-bond donors (Lipinski definition) is 6. The van der Waals surface area contributed by atoms with Crippen LogP contribution in [-0.2, 0) is 13.9 Å². The van der Waals surface area contributed by atoms with Gasteiger partial charge in [-0.25, -0.2) is 14.1 Å². The Kier molecular flexibility index (Phi) is 8.11. The van der Waals surface area contributed by atoms with Crippen molar-refractivity contribution in [3.05, 3.63) is 53.1 Å². The normalized spacial score (nSPS) is 24.8. The molecule has 1 aliphatic rings. The highest BCUT2D eigenvalue weighted by atomic mass is 35.5. The Morgan fingerprint density at radius 2 is 1.92 bits per heavy atom. The standard InChI is InChI=1S/C21H26ClFN4O8P2/c1-11(12-4-2-3-5-14(12)23)25-15-8-17(22)26-20-13(15)9-24-27(20)21-19(29)18(28)16(35-21)6-7-36(30,31)10-37(32,33)34/h2-5,8-9,11,16,18-19,21,28-29H,6-7,10H2,1H3,(H,25,26)(H,30,31)(H2,32,33,34)/t11-,16+,18+,19+,21+/m0/s1. The molecule has 4 rings (SSSR count). The number of aromatic nitrogens is 3. The van der Waals surface area contributed by atoms with Crippen molar-refractivity contribution in [3.63, 3.8) is 0 Å². The van der Waals surface area contributed by atoms with Crippen molar-refractivity contribution in [1.29, 1.82) is 0 Å². The number of hydrogen-bond acceptors (Lipinski definition) is 8. The number of pyridine rings is 1. The van der Waals surface area contributed by atoms with E-state index < -0.39 is 57.6 Å². The van der Waals surface area contributed by atoms with Crippen LogP contribution in [0.15, 0.2) is 36.5 Å². The lowest BCUT2D eigenvalue weighted by Gasteiger charge is -2.18. The molecule has 37 heavy (non-hydrogen) atoms. The monoisotopic (exact) mass is 578 g/mol. The first-order valence-electron chi connectivity index (χ1n) is 11.2. The molecule has 1 unspecified atom stereocenters. The van der Waals surface area contributed by atoms with Crippen LogP contribution >= 0.6 is 26.6 Å². The molecule has 1 saturated heterocycles. The number of nitrogens with one attached hydrogen (secondary N) is 1. The number of ether oxygens (including phenoxy) is 1. The molecule has 1 aromatic carbocycles. The number of nitrogens with zero attached hydrogens (tertiary/aromatic N) is 3. The Balaban J connectivity index is 1.56. The largest absolute Gasteiger partial charge is 0.388 e. The molecule has 3 heterocycles. The van der Waals surface area contributed by atoms with E-state index in [1.165, 1.54) is 23.0 Å². The number of anilines is 1. The third-order valence-electron chi connectivity index (χ3n) is 6.03. The van der Waals surface area contributed by atoms with Gasteiger partial charge in [0.05, 0.1) is 29.4 Å². The summed E-state index contributed by atoms with van der Waals surface area (Å²) in [6.45, 7) is 1.76.